The van der Waals surface area contributed by atoms with Crippen LogP contribution in [0.5, 0.6) is 5.75 Å². The van der Waals surface area contributed by atoms with Crippen LogP contribution in [0.3, 0.4) is 0 Å². The topological polar surface area (TPSA) is 103 Å². The molecule has 1 N–H and O–H groups in total. The molecule has 8 nitrogen and oxygen atoms in total. The first kappa shape index (κ1) is 29.4. The van der Waals surface area contributed by atoms with E-state index in [0.717, 1.165) is 5.56 Å². The van der Waals surface area contributed by atoms with Crippen LogP contribution in [0.4, 0.5) is 19.0 Å². The van der Waals surface area contributed by atoms with Gasteiger partial charge in [0.05, 0.1) is 28.6 Å². The molecule has 4 aromatic rings. The molecule has 0 unspecified atom stereocenters. The Bertz CT molecular complexity index is 1660. The highest BCUT2D eigenvalue weighted by molar-refractivity contribution is 7.87. The van der Waals surface area contributed by atoms with Crippen LogP contribution in [0, 0.1) is 13.8 Å². The zero-order chi connectivity index (χ0) is 29.2. The molecule has 210 valence electrons. The Kier molecular flexibility index (Phi) is 8.43. The van der Waals surface area contributed by atoms with Crippen molar-refractivity contribution in [1.82, 2.24) is 14.8 Å². The maximum Gasteiger partial charge on any atom is 0.390 e. The third-order valence-electron chi connectivity index (χ3n) is 5.61. The van der Waals surface area contributed by atoms with E-state index < -0.39 is 34.4 Å². The molecule has 40 heavy (non-hydrogen) atoms. The second-order valence-corrected chi connectivity index (χ2v) is 11.3. The number of aryl methyl sites for hydroxylation is 1. The Balaban J connectivity index is 1.71. The van der Waals surface area contributed by atoms with Crippen molar-refractivity contribution >= 4 is 45.0 Å². The molecule has 0 saturated heterocycles. The van der Waals surface area contributed by atoms with Crippen LogP contribution in [0.2, 0.25) is 10.0 Å². The lowest BCUT2D eigenvalue weighted by atomic mass is 10.1. The molecule has 2 heterocycles. The molecule has 14 heteroatoms. The average molecular weight is 613 g/mol. The van der Waals surface area contributed by atoms with E-state index in [4.69, 9.17) is 27.4 Å². The van der Waals surface area contributed by atoms with Gasteiger partial charge in [-0.2, -0.15) is 26.7 Å². The van der Waals surface area contributed by atoms with Crippen molar-refractivity contribution in [2.45, 2.75) is 26.4 Å². The van der Waals surface area contributed by atoms with Gasteiger partial charge in [-0.1, -0.05) is 29.3 Å². The monoisotopic (exact) mass is 612 g/mol. The lowest BCUT2D eigenvalue weighted by Gasteiger charge is -2.12. The number of hydrogen-bond acceptors (Lipinski definition) is 6. The first-order chi connectivity index (χ1) is 18.7. The molecule has 0 aliphatic heterocycles. The van der Waals surface area contributed by atoms with Crippen molar-refractivity contribution < 1.29 is 30.6 Å². The summed E-state index contributed by atoms with van der Waals surface area (Å²) in [5.74, 6) is -1.60. The molecule has 0 radical (unpaired) electrons. The summed E-state index contributed by atoms with van der Waals surface area (Å²) in [5, 5.41) is 7.84. The molecule has 2 aromatic carbocycles. The first-order valence-electron chi connectivity index (χ1n) is 11.6. The van der Waals surface area contributed by atoms with Gasteiger partial charge in [-0.3, -0.25) is 4.79 Å². The predicted octanol–water partition coefficient (Wildman–Crippen LogP) is 6.77. The number of nitrogens with zero attached hydrogens (tertiary/aromatic N) is 3. The van der Waals surface area contributed by atoms with Gasteiger partial charge in [-0.15, -0.1) is 0 Å². The number of amides is 1. The van der Waals surface area contributed by atoms with Crippen LogP contribution in [0.25, 0.3) is 16.9 Å². The zero-order valence-corrected chi connectivity index (χ0v) is 23.3. The molecule has 0 atom stereocenters. The lowest BCUT2D eigenvalue weighted by Crippen LogP contribution is -2.20. The maximum absolute atomic E-state index is 13.2. The highest BCUT2D eigenvalue weighted by Crippen LogP contribution is 2.34. The van der Waals surface area contributed by atoms with E-state index in [2.05, 4.69) is 15.4 Å². The number of rotatable bonds is 8. The number of carbonyl (C=O) groups excluding carboxylic acids is 1. The number of hydrogen-bond donors (Lipinski definition) is 1. The lowest BCUT2D eigenvalue weighted by molar-refractivity contribution is -0.130. The molecule has 0 spiro atoms. The second-order valence-electron chi connectivity index (χ2n) is 8.74. The molecule has 1 amide bonds. The van der Waals surface area contributed by atoms with Crippen molar-refractivity contribution in [3.05, 3.63) is 87.7 Å². The van der Waals surface area contributed by atoms with Gasteiger partial charge in [0.25, 0.3) is 5.91 Å². The van der Waals surface area contributed by atoms with E-state index in [-0.39, 0.29) is 16.5 Å². The standard InChI is InChI=1S/C26H21Cl2F3N4O4S/c1-15-3-10-22(32-14-15)33-25(36)23-16(2)24(35(34-23)21-9-6-18(27)13-20(21)28)17-4-7-19(8-5-17)39-40(37,38)12-11-26(29,30)31/h3-10,13-14H,11-12H2,1-2H3,(H,32,33,36). The molecular weight excluding hydrogens is 592 g/mol. The number of halogens is 5. The Hall–Kier alpha value is -3.61. The summed E-state index contributed by atoms with van der Waals surface area (Å²) in [7, 11) is -4.48. The molecule has 0 saturated carbocycles. The van der Waals surface area contributed by atoms with Crippen molar-refractivity contribution in [3.63, 3.8) is 0 Å². The summed E-state index contributed by atoms with van der Waals surface area (Å²) in [6.07, 6.45) is -4.57. The summed E-state index contributed by atoms with van der Waals surface area (Å²) in [6.45, 7) is 3.53. The SMILES string of the molecule is Cc1ccc(NC(=O)c2nn(-c3ccc(Cl)cc3Cl)c(-c3ccc(OS(=O)(=O)CCC(F)(F)F)cc3)c2C)nc1. The smallest absolute Gasteiger partial charge is 0.382 e. The summed E-state index contributed by atoms with van der Waals surface area (Å²) >= 11 is 12.5. The van der Waals surface area contributed by atoms with E-state index in [0.29, 0.717) is 33.3 Å². The largest absolute Gasteiger partial charge is 0.390 e. The maximum atomic E-state index is 13.2. The molecule has 0 fully saturated rings. The van der Waals surface area contributed by atoms with Gasteiger partial charge < -0.3 is 9.50 Å². The predicted molar refractivity (Wildman–Crippen MR) is 146 cm³/mol. The summed E-state index contributed by atoms with van der Waals surface area (Å²) < 4.78 is 67.6. The number of carbonyl (C=O) groups is 1. The number of aromatic nitrogens is 3. The highest BCUT2D eigenvalue weighted by atomic mass is 35.5. The number of anilines is 1. The fourth-order valence-corrected chi connectivity index (χ4v) is 5.15. The van der Waals surface area contributed by atoms with Crippen molar-refractivity contribution in [1.29, 1.82) is 0 Å². The van der Waals surface area contributed by atoms with E-state index >= 15 is 0 Å². The zero-order valence-electron chi connectivity index (χ0n) is 21.0. The fraction of sp³-hybridized carbons (Fsp3) is 0.192. The molecule has 0 bridgehead atoms. The highest BCUT2D eigenvalue weighted by Gasteiger charge is 2.31. The fourth-order valence-electron chi connectivity index (χ4n) is 3.69. The molecule has 4 rings (SSSR count). The van der Waals surface area contributed by atoms with E-state index in [1.54, 1.807) is 37.4 Å². The number of benzene rings is 2. The van der Waals surface area contributed by atoms with Crippen LogP contribution in [-0.4, -0.2) is 41.0 Å². The second kappa shape index (κ2) is 11.5. The Morgan fingerprint density at radius 2 is 1.75 bits per heavy atom. The quantitative estimate of drug-likeness (QED) is 0.220. The van der Waals surface area contributed by atoms with Crippen molar-refractivity contribution in [3.8, 4) is 22.7 Å². The molecule has 0 aliphatic carbocycles. The van der Waals surface area contributed by atoms with Gasteiger partial charge in [-0.25, -0.2) is 9.67 Å². The third kappa shape index (κ3) is 7.12. The van der Waals surface area contributed by atoms with Gasteiger partial charge >= 0.3 is 16.3 Å². The van der Waals surface area contributed by atoms with Crippen LogP contribution >= 0.6 is 23.2 Å². The summed E-state index contributed by atoms with van der Waals surface area (Å²) in [5.41, 5.74) is 2.78. The van der Waals surface area contributed by atoms with Gasteiger partial charge in [0, 0.05) is 22.3 Å². The van der Waals surface area contributed by atoms with Gasteiger partial charge in [0.2, 0.25) is 0 Å². The Labute approximate surface area is 237 Å². The minimum atomic E-state index is -4.64. The minimum Gasteiger partial charge on any atom is -0.382 e. The van der Waals surface area contributed by atoms with E-state index in [1.165, 1.54) is 35.0 Å². The van der Waals surface area contributed by atoms with Crippen LogP contribution in [-0.2, 0) is 10.1 Å². The van der Waals surface area contributed by atoms with E-state index in [1.807, 2.05) is 6.92 Å². The van der Waals surface area contributed by atoms with Gasteiger partial charge in [-0.05, 0) is 67.9 Å². The summed E-state index contributed by atoms with van der Waals surface area (Å²) in [6, 6.07) is 13.7. The van der Waals surface area contributed by atoms with Crippen molar-refractivity contribution in [2.24, 2.45) is 0 Å². The normalized spacial score (nSPS) is 11.9. The first-order valence-corrected chi connectivity index (χ1v) is 13.9. The number of alkyl halides is 3. The summed E-state index contributed by atoms with van der Waals surface area (Å²) in [4.78, 5) is 17.4. The number of pyridine rings is 1. The van der Waals surface area contributed by atoms with Crippen molar-refractivity contribution in [2.75, 3.05) is 11.1 Å². The third-order valence-corrected chi connectivity index (χ3v) is 7.30. The van der Waals surface area contributed by atoms with Crippen LogP contribution in [0.1, 0.15) is 28.0 Å². The van der Waals surface area contributed by atoms with Gasteiger partial charge in [0.1, 0.15) is 11.6 Å². The van der Waals surface area contributed by atoms with Gasteiger partial charge in [0.15, 0.2) is 5.69 Å². The Morgan fingerprint density at radius 1 is 1.05 bits per heavy atom. The Morgan fingerprint density at radius 3 is 2.35 bits per heavy atom. The molecule has 0 aliphatic rings. The van der Waals surface area contributed by atoms with E-state index in [9.17, 15) is 26.4 Å². The molecule has 2 aromatic heterocycles. The average Bonchev–Trinajstić information content (AvgIpc) is 3.21. The van der Waals surface area contributed by atoms with Crippen LogP contribution < -0.4 is 9.50 Å². The number of nitrogens with one attached hydrogen (secondary N) is 1. The molecular formula is C26H21Cl2F3N4O4S. The minimum absolute atomic E-state index is 0.0680. The van der Waals surface area contributed by atoms with Crippen LogP contribution in [0.15, 0.2) is 60.8 Å².